The van der Waals surface area contributed by atoms with E-state index in [1.54, 1.807) is 36.4 Å². The van der Waals surface area contributed by atoms with E-state index in [9.17, 15) is 19.2 Å². The molecule has 1 aliphatic carbocycles. The van der Waals surface area contributed by atoms with E-state index in [-0.39, 0.29) is 30.9 Å². The van der Waals surface area contributed by atoms with Gasteiger partial charge in [-0.25, -0.2) is 14.8 Å². The van der Waals surface area contributed by atoms with Crippen LogP contribution >= 0.6 is 0 Å². The minimum atomic E-state index is -0.659. The van der Waals surface area contributed by atoms with Crippen LogP contribution in [0.15, 0.2) is 72.4 Å². The zero-order valence-corrected chi connectivity index (χ0v) is 25.6. The number of nitrogens with one attached hydrogen (secondary N) is 2. The van der Waals surface area contributed by atoms with E-state index >= 15 is 0 Å². The lowest BCUT2D eigenvalue weighted by Crippen LogP contribution is -2.43. The molecule has 0 radical (unpaired) electrons. The van der Waals surface area contributed by atoms with Crippen molar-refractivity contribution in [2.45, 2.75) is 52.0 Å². The topological polar surface area (TPSA) is 134 Å². The number of pyridine rings is 2. The normalized spacial score (nSPS) is 15.3. The number of nitrogens with zero attached hydrogens (tertiary/aromatic N) is 4. The predicted molar refractivity (Wildman–Crippen MR) is 171 cm³/mol. The molecule has 2 aromatic heterocycles. The molecule has 1 fully saturated rings. The van der Waals surface area contributed by atoms with Crippen LogP contribution in [-0.4, -0.2) is 75.9 Å². The second-order valence-electron chi connectivity index (χ2n) is 10.6. The summed E-state index contributed by atoms with van der Waals surface area (Å²) in [7, 11) is 0. The number of carbonyl (C=O) groups excluding carboxylic acids is 4. The number of allylic oxidation sites excluding steroid dienone is 5. The highest BCUT2D eigenvalue weighted by Crippen LogP contribution is 2.21. The van der Waals surface area contributed by atoms with Gasteiger partial charge in [-0.1, -0.05) is 55.9 Å². The lowest BCUT2D eigenvalue weighted by atomic mass is 10.2. The monoisotopic (exact) mass is 610 g/mol. The molecule has 234 valence electrons. The Morgan fingerprint density at radius 3 is 2.40 bits per heavy atom. The first-order chi connectivity index (χ1) is 21.8. The van der Waals surface area contributed by atoms with Gasteiger partial charge in [0.1, 0.15) is 35.7 Å². The number of likely N-dealkylation sites (tertiary alicyclic amines) is 1. The van der Waals surface area contributed by atoms with Gasteiger partial charge < -0.3 is 20.3 Å². The van der Waals surface area contributed by atoms with Crippen molar-refractivity contribution in [1.29, 1.82) is 0 Å². The minimum absolute atomic E-state index is 0.0525. The molecule has 2 N–H and O–H groups in total. The van der Waals surface area contributed by atoms with Crippen LogP contribution in [-0.2, 0) is 19.1 Å². The van der Waals surface area contributed by atoms with Crippen LogP contribution in [0.5, 0.6) is 0 Å². The van der Waals surface area contributed by atoms with Gasteiger partial charge in [-0.3, -0.25) is 19.3 Å². The van der Waals surface area contributed by atoms with E-state index < -0.39 is 12.1 Å². The second-order valence-corrected chi connectivity index (χ2v) is 10.6. The number of unbranched alkanes of at least 4 members (excludes halogenated alkanes) is 1. The first-order valence-corrected chi connectivity index (χ1v) is 15.1. The quantitative estimate of drug-likeness (QED) is 0.380. The van der Waals surface area contributed by atoms with Crippen LogP contribution in [0, 0.1) is 11.8 Å². The Hall–Kier alpha value is -5.24. The predicted octanol–water partition coefficient (Wildman–Crippen LogP) is 4.45. The maximum atomic E-state index is 13.1. The van der Waals surface area contributed by atoms with Gasteiger partial charge in [-0.2, -0.15) is 0 Å². The summed E-state index contributed by atoms with van der Waals surface area (Å²) < 4.78 is 5.51. The molecule has 4 amide bonds. The Labute approximate surface area is 263 Å². The van der Waals surface area contributed by atoms with Gasteiger partial charge in [0.15, 0.2) is 0 Å². The number of rotatable bonds is 10. The van der Waals surface area contributed by atoms with E-state index in [2.05, 4.69) is 32.4 Å². The van der Waals surface area contributed by atoms with Crippen LogP contribution < -0.4 is 10.6 Å². The van der Waals surface area contributed by atoms with E-state index in [4.69, 9.17) is 4.74 Å². The summed E-state index contributed by atoms with van der Waals surface area (Å²) in [5.41, 5.74) is 1.78. The Bertz CT molecular complexity index is 1550. The summed E-state index contributed by atoms with van der Waals surface area (Å²) in [4.78, 5) is 62.0. The van der Waals surface area contributed by atoms with Gasteiger partial charge >= 0.3 is 6.09 Å². The summed E-state index contributed by atoms with van der Waals surface area (Å²) in [5.74, 6) is 5.65. The molecule has 3 heterocycles. The molecule has 0 bridgehead atoms. The highest BCUT2D eigenvalue weighted by atomic mass is 16.6. The summed E-state index contributed by atoms with van der Waals surface area (Å²) in [5, 5.41) is 5.52. The Balaban J connectivity index is 1.33. The zero-order chi connectivity index (χ0) is 32.0. The Kier molecular flexibility index (Phi) is 12.0. The van der Waals surface area contributed by atoms with Gasteiger partial charge in [0.25, 0.3) is 0 Å². The van der Waals surface area contributed by atoms with Gasteiger partial charge in [-0.15, -0.1) is 0 Å². The SMILES string of the molecule is CCCCN(CC(=O)Nc1cccc(C#Cc2cccc(NC(=O)[C@@H]3CCCN3C(=O)OCC3=CC=CC=CC3)n2)n1)C(C)=O. The second kappa shape index (κ2) is 16.6. The largest absolute Gasteiger partial charge is 0.445 e. The molecule has 0 aromatic carbocycles. The summed E-state index contributed by atoms with van der Waals surface area (Å²) in [6.07, 6.45) is 12.8. The molecule has 11 nitrogen and oxygen atoms in total. The van der Waals surface area contributed by atoms with Crippen molar-refractivity contribution < 1.29 is 23.9 Å². The average molecular weight is 611 g/mol. The average Bonchev–Trinajstić information content (AvgIpc) is 3.38. The van der Waals surface area contributed by atoms with Crippen LogP contribution in [0.25, 0.3) is 0 Å². The third-order valence-corrected chi connectivity index (χ3v) is 7.14. The van der Waals surface area contributed by atoms with Crippen molar-refractivity contribution >= 4 is 35.5 Å². The van der Waals surface area contributed by atoms with E-state index in [0.717, 1.165) is 18.4 Å². The lowest BCUT2D eigenvalue weighted by Gasteiger charge is -2.23. The zero-order valence-electron chi connectivity index (χ0n) is 25.6. The summed E-state index contributed by atoms with van der Waals surface area (Å²) in [6, 6.07) is 9.48. The molecule has 1 aliphatic heterocycles. The molecular formula is C34H38N6O5. The van der Waals surface area contributed by atoms with Crippen molar-refractivity contribution in [1.82, 2.24) is 19.8 Å². The number of hydrogen-bond acceptors (Lipinski definition) is 7. The minimum Gasteiger partial charge on any atom is -0.445 e. The number of anilines is 2. The molecule has 0 saturated carbocycles. The first kappa shape index (κ1) is 32.7. The van der Waals surface area contributed by atoms with Crippen molar-refractivity contribution in [3.05, 3.63) is 83.7 Å². The summed E-state index contributed by atoms with van der Waals surface area (Å²) in [6.45, 7) is 4.54. The van der Waals surface area contributed by atoms with Crippen molar-refractivity contribution in [2.75, 3.05) is 36.9 Å². The third kappa shape index (κ3) is 10.2. The Morgan fingerprint density at radius 1 is 1.00 bits per heavy atom. The lowest BCUT2D eigenvalue weighted by molar-refractivity contribution is -0.132. The van der Waals surface area contributed by atoms with Crippen LogP contribution in [0.3, 0.4) is 0 Å². The summed E-state index contributed by atoms with van der Waals surface area (Å²) >= 11 is 0. The fourth-order valence-corrected chi connectivity index (χ4v) is 4.76. The number of amides is 4. The van der Waals surface area contributed by atoms with Crippen LogP contribution in [0.4, 0.5) is 16.4 Å². The first-order valence-electron chi connectivity index (χ1n) is 15.1. The number of ether oxygens (including phenoxy) is 1. The maximum absolute atomic E-state index is 13.1. The highest BCUT2D eigenvalue weighted by Gasteiger charge is 2.35. The molecule has 2 aromatic rings. The number of carbonyl (C=O) groups is 4. The van der Waals surface area contributed by atoms with Crippen molar-refractivity contribution in [3.8, 4) is 11.8 Å². The van der Waals surface area contributed by atoms with Crippen molar-refractivity contribution in [3.63, 3.8) is 0 Å². The molecule has 45 heavy (non-hydrogen) atoms. The molecule has 1 atom stereocenters. The third-order valence-electron chi connectivity index (χ3n) is 7.14. The fourth-order valence-electron chi connectivity index (χ4n) is 4.76. The van der Waals surface area contributed by atoms with Gasteiger partial charge in [0, 0.05) is 20.0 Å². The van der Waals surface area contributed by atoms with Crippen molar-refractivity contribution in [2.24, 2.45) is 0 Å². The fraction of sp³-hybridized carbons (Fsp3) is 0.353. The van der Waals surface area contributed by atoms with E-state index in [0.29, 0.717) is 55.4 Å². The molecule has 0 unspecified atom stereocenters. The maximum Gasteiger partial charge on any atom is 0.410 e. The molecule has 1 saturated heterocycles. The highest BCUT2D eigenvalue weighted by molar-refractivity contribution is 5.96. The molecule has 2 aliphatic rings. The van der Waals surface area contributed by atoms with Gasteiger partial charge in [0.2, 0.25) is 17.7 Å². The van der Waals surface area contributed by atoms with E-state index in [1.807, 2.05) is 37.3 Å². The molecule has 0 spiro atoms. The molecule has 11 heteroatoms. The van der Waals surface area contributed by atoms with Gasteiger partial charge in [0.05, 0.1) is 6.54 Å². The smallest absolute Gasteiger partial charge is 0.410 e. The van der Waals surface area contributed by atoms with Crippen LogP contribution in [0.1, 0.15) is 57.3 Å². The standard InChI is InChI=1S/C34H38N6O5/c1-3-4-21-39(25(2)41)23-32(42)37-30-17-9-14-27(35-30)19-20-28-15-10-18-31(36-28)38-33(43)29-16-11-22-40(29)34(44)45-24-26-12-7-5-6-8-13-26/h5-10,12,14-15,17-18,29H,3-4,11,13,16,21-24H2,1-2H3,(H,35,37,42)(H,36,38,43)/t29-/m0/s1. The van der Waals surface area contributed by atoms with Gasteiger partial charge in [-0.05, 0) is 67.4 Å². The van der Waals surface area contributed by atoms with Crippen LogP contribution in [0.2, 0.25) is 0 Å². The number of hydrogen-bond donors (Lipinski definition) is 2. The Morgan fingerprint density at radius 2 is 1.71 bits per heavy atom. The molecular weight excluding hydrogens is 572 g/mol. The number of aromatic nitrogens is 2. The van der Waals surface area contributed by atoms with E-state index in [1.165, 1.54) is 16.7 Å². The molecule has 4 rings (SSSR count).